The second-order valence-electron chi connectivity index (χ2n) is 4.34. The highest BCUT2D eigenvalue weighted by Gasteiger charge is 2.40. The van der Waals surface area contributed by atoms with E-state index in [-0.39, 0.29) is 24.0 Å². The molecule has 3 unspecified atom stereocenters. The lowest BCUT2D eigenvalue weighted by Gasteiger charge is -2.22. The zero-order chi connectivity index (χ0) is 12.3. The van der Waals surface area contributed by atoms with E-state index in [0.717, 1.165) is 6.42 Å². The molecule has 1 fully saturated rings. The Morgan fingerprint density at radius 2 is 2.06 bits per heavy atom. The van der Waals surface area contributed by atoms with Crippen molar-refractivity contribution in [1.82, 2.24) is 10.2 Å². The highest BCUT2D eigenvalue weighted by atomic mass is 19.3. The molecule has 0 saturated carbocycles. The van der Waals surface area contributed by atoms with E-state index >= 15 is 0 Å². The normalized spacial score (nSPS) is 27.9. The summed E-state index contributed by atoms with van der Waals surface area (Å²) in [5, 5.41) is 3.14. The van der Waals surface area contributed by atoms with Crippen LogP contribution in [0, 0.1) is 5.92 Å². The molecule has 1 saturated heterocycles. The van der Waals surface area contributed by atoms with Gasteiger partial charge in [-0.1, -0.05) is 27.2 Å². The van der Waals surface area contributed by atoms with Crippen LogP contribution in [0.2, 0.25) is 0 Å². The lowest BCUT2D eigenvalue weighted by molar-refractivity contribution is -0.132. The molecule has 0 aromatic rings. The fourth-order valence-corrected chi connectivity index (χ4v) is 2.05. The molecule has 0 aromatic carbocycles. The minimum absolute atomic E-state index is 0.179. The van der Waals surface area contributed by atoms with Crippen LogP contribution < -0.4 is 5.32 Å². The molecule has 0 aliphatic carbocycles. The van der Waals surface area contributed by atoms with Crippen molar-refractivity contribution in [3.8, 4) is 0 Å². The number of nitrogens with one attached hydrogen (secondary N) is 1. The third kappa shape index (κ3) is 2.70. The van der Waals surface area contributed by atoms with E-state index in [1.54, 1.807) is 0 Å². The van der Waals surface area contributed by atoms with Crippen LogP contribution in [-0.4, -0.2) is 36.0 Å². The molecule has 3 atom stereocenters. The topological polar surface area (TPSA) is 32.3 Å². The predicted octanol–water partition coefficient (Wildman–Crippen LogP) is 1.83. The van der Waals surface area contributed by atoms with Gasteiger partial charge in [0.15, 0.2) is 0 Å². The van der Waals surface area contributed by atoms with Gasteiger partial charge in [-0.15, -0.1) is 0 Å². The minimum atomic E-state index is -2.46. The lowest BCUT2D eigenvalue weighted by atomic mass is 9.99. The van der Waals surface area contributed by atoms with Crippen molar-refractivity contribution in [2.75, 3.05) is 6.54 Å². The van der Waals surface area contributed by atoms with Gasteiger partial charge in [-0.05, 0) is 12.3 Å². The highest BCUT2D eigenvalue weighted by molar-refractivity contribution is 5.84. The van der Waals surface area contributed by atoms with Crippen LogP contribution in [0.4, 0.5) is 8.78 Å². The molecule has 1 rings (SSSR count). The van der Waals surface area contributed by atoms with Crippen molar-refractivity contribution in [3.63, 3.8) is 0 Å². The van der Waals surface area contributed by atoms with E-state index in [1.165, 1.54) is 4.90 Å². The molecule has 1 amide bonds. The van der Waals surface area contributed by atoms with Crippen molar-refractivity contribution < 1.29 is 13.6 Å². The van der Waals surface area contributed by atoms with Gasteiger partial charge >= 0.3 is 0 Å². The number of amides is 1. The van der Waals surface area contributed by atoms with Crippen molar-refractivity contribution in [2.45, 2.75) is 52.2 Å². The van der Waals surface area contributed by atoms with Crippen LogP contribution in [-0.2, 0) is 4.79 Å². The minimum Gasteiger partial charge on any atom is -0.320 e. The summed E-state index contributed by atoms with van der Waals surface area (Å²) in [7, 11) is 0. The number of hydrogen-bond acceptors (Lipinski definition) is 2. The Labute approximate surface area is 95.2 Å². The predicted molar refractivity (Wildman–Crippen MR) is 58.2 cm³/mol. The van der Waals surface area contributed by atoms with E-state index < -0.39 is 13.0 Å². The summed E-state index contributed by atoms with van der Waals surface area (Å²) in [6.45, 7) is 5.39. The summed E-state index contributed by atoms with van der Waals surface area (Å²) in [5.74, 6) is 0.00530. The molecule has 0 spiro atoms. The third-order valence-corrected chi connectivity index (χ3v) is 3.23. The van der Waals surface area contributed by atoms with Gasteiger partial charge in [0.25, 0.3) is 6.43 Å². The summed E-state index contributed by atoms with van der Waals surface area (Å²) in [6.07, 6.45) is -1.18. The first-order valence-corrected chi connectivity index (χ1v) is 5.85. The SMILES string of the molecule is CCC(C)C1NC(CC)N(CC(F)F)C1=O. The Bertz CT molecular complexity index is 248. The van der Waals surface area contributed by atoms with Crippen molar-refractivity contribution >= 4 is 5.91 Å². The third-order valence-electron chi connectivity index (χ3n) is 3.23. The molecular weight excluding hydrogens is 214 g/mol. The standard InChI is InChI=1S/C11H20F2N2O/c1-4-7(3)10-11(16)15(6-8(12)13)9(5-2)14-10/h7-10,14H,4-6H2,1-3H3. The number of hydrogen-bond donors (Lipinski definition) is 1. The number of halogens is 2. The van der Waals surface area contributed by atoms with Crippen molar-refractivity contribution in [3.05, 3.63) is 0 Å². The van der Waals surface area contributed by atoms with Crippen LogP contribution in [0.15, 0.2) is 0 Å². The molecule has 3 nitrogen and oxygen atoms in total. The zero-order valence-electron chi connectivity index (χ0n) is 10.0. The second kappa shape index (κ2) is 5.57. The maximum absolute atomic E-state index is 12.4. The fraction of sp³-hybridized carbons (Fsp3) is 0.909. The maximum atomic E-state index is 12.4. The molecule has 1 heterocycles. The van der Waals surface area contributed by atoms with E-state index in [9.17, 15) is 13.6 Å². The quantitative estimate of drug-likeness (QED) is 0.787. The Balaban J connectivity index is 2.72. The van der Waals surface area contributed by atoms with Crippen molar-refractivity contribution in [1.29, 1.82) is 0 Å². The summed E-state index contributed by atoms with van der Waals surface area (Å²) >= 11 is 0. The van der Waals surface area contributed by atoms with E-state index in [2.05, 4.69) is 5.32 Å². The number of carbonyl (C=O) groups excluding carboxylic acids is 1. The van der Waals surface area contributed by atoms with Gasteiger partial charge in [0.1, 0.15) is 0 Å². The first-order valence-electron chi connectivity index (χ1n) is 5.85. The largest absolute Gasteiger partial charge is 0.320 e. The van der Waals surface area contributed by atoms with E-state index in [0.29, 0.717) is 6.42 Å². The molecule has 0 aromatic heterocycles. The number of carbonyl (C=O) groups is 1. The van der Waals surface area contributed by atoms with Crippen LogP contribution >= 0.6 is 0 Å². The first-order chi connectivity index (χ1) is 7.51. The Morgan fingerprint density at radius 1 is 1.44 bits per heavy atom. The van der Waals surface area contributed by atoms with Gasteiger partial charge in [-0.2, -0.15) is 0 Å². The molecule has 16 heavy (non-hydrogen) atoms. The van der Waals surface area contributed by atoms with Gasteiger partial charge in [0.2, 0.25) is 5.91 Å². The number of alkyl halides is 2. The van der Waals surface area contributed by atoms with Gasteiger partial charge < -0.3 is 4.90 Å². The van der Waals surface area contributed by atoms with Gasteiger partial charge in [0, 0.05) is 0 Å². The molecule has 1 N–H and O–H groups in total. The average molecular weight is 234 g/mol. The van der Waals surface area contributed by atoms with Crippen LogP contribution in [0.3, 0.4) is 0 Å². The van der Waals surface area contributed by atoms with E-state index in [1.807, 2.05) is 20.8 Å². The van der Waals surface area contributed by atoms with Crippen molar-refractivity contribution in [2.24, 2.45) is 5.92 Å². The fourth-order valence-electron chi connectivity index (χ4n) is 2.05. The average Bonchev–Trinajstić information content (AvgIpc) is 2.55. The summed E-state index contributed by atoms with van der Waals surface area (Å²) in [6, 6.07) is -0.298. The first kappa shape index (κ1) is 13.4. The molecule has 0 bridgehead atoms. The Hall–Kier alpha value is -0.710. The number of nitrogens with zero attached hydrogens (tertiary/aromatic N) is 1. The maximum Gasteiger partial charge on any atom is 0.255 e. The molecule has 0 radical (unpaired) electrons. The summed E-state index contributed by atoms with van der Waals surface area (Å²) in [4.78, 5) is 13.2. The van der Waals surface area contributed by atoms with Gasteiger partial charge in [-0.3, -0.25) is 10.1 Å². The summed E-state index contributed by atoms with van der Waals surface area (Å²) < 4.78 is 24.7. The molecule has 1 aliphatic heterocycles. The van der Waals surface area contributed by atoms with Crippen LogP contribution in [0.1, 0.15) is 33.6 Å². The highest BCUT2D eigenvalue weighted by Crippen LogP contribution is 2.21. The lowest BCUT2D eigenvalue weighted by Crippen LogP contribution is -2.39. The molecule has 5 heteroatoms. The second-order valence-corrected chi connectivity index (χ2v) is 4.34. The Morgan fingerprint density at radius 3 is 2.50 bits per heavy atom. The zero-order valence-corrected chi connectivity index (χ0v) is 10.0. The molecule has 94 valence electrons. The monoisotopic (exact) mass is 234 g/mol. The van der Waals surface area contributed by atoms with Crippen LogP contribution in [0.5, 0.6) is 0 Å². The summed E-state index contributed by atoms with van der Waals surface area (Å²) in [5.41, 5.74) is 0. The van der Waals surface area contributed by atoms with Gasteiger partial charge in [-0.25, -0.2) is 8.78 Å². The van der Waals surface area contributed by atoms with Gasteiger partial charge in [0.05, 0.1) is 18.8 Å². The Kier molecular flexibility index (Phi) is 4.65. The number of rotatable bonds is 5. The van der Waals surface area contributed by atoms with Crippen LogP contribution in [0.25, 0.3) is 0 Å². The smallest absolute Gasteiger partial charge is 0.255 e. The van der Waals surface area contributed by atoms with E-state index in [4.69, 9.17) is 0 Å². The molecular formula is C11H20F2N2O. The molecule has 1 aliphatic rings.